The van der Waals surface area contributed by atoms with E-state index in [2.05, 4.69) is 17.4 Å². The Morgan fingerprint density at radius 1 is 1.29 bits per heavy atom. The highest BCUT2D eigenvalue weighted by Gasteiger charge is 1.96. The second-order valence-corrected chi connectivity index (χ2v) is 3.55. The second-order valence-electron chi connectivity index (χ2n) is 3.17. The van der Waals surface area contributed by atoms with Crippen LogP contribution in [0.5, 0.6) is 5.75 Å². The summed E-state index contributed by atoms with van der Waals surface area (Å²) in [5.41, 5.74) is 1.32. The third-order valence-electron chi connectivity index (χ3n) is 2.08. The topological polar surface area (TPSA) is 25.8 Å². The zero-order valence-corrected chi connectivity index (χ0v) is 9.26. The number of benzene rings is 1. The normalized spacial score (nSPS) is 10.1. The van der Waals surface area contributed by atoms with Crippen molar-refractivity contribution in [3.05, 3.63) is 29.8 Å². The number of quaternary nitrogens is 1. The fourth-order valence-electron chi connectivity index (χ4n) is 1.25. The van der Waals surface area contributed by atoms with Gasteiger partial charge in [-0.05, 0) is 24.3 Å². The number of nitrogens with two attached hydrogens (primary N) is 1. The first-order valence-corrected chi connectivity index (χ1v) is 5.41. The first kappa shape index (κ1) is 11.3. The van der Waals surface area contributed by atoms with Crippen LogP contribution in [0.4, 0.5) is 0 Å². The SMILES string of the molecule is COc1ccc(C[NH2+]CCCCl)cc1. The van der Waals surface area contributed by atoms with Gasteiger partial charge in [0.25, 0.3) is 0 Å². The molecule has 0 aliphatic heterocycles. The molecule has 0 aliphatic rings. The van der Waals surface area contributed by atoms with Crippen LogP contribution in [0, 0.1) is 0 Å². The van der Waals surface area contributed by atoms with E-state index in [0.717, 1.165) is 31.1 Å². The van der Waals surface area contributed by atoms with Gasteiger partial charge in [-0.3, -0.25) is 0 Å². The van der Waals surface area contributed by atoms with E-state index in [0.29, 0.717) is 0 Å². The molecule has 0 radical (unpaired) electrons. The molecular weight excluding hydrogens is 198 g/mol. The maximum atomic E-state index is 5.59. The Morgan fingerprint density at radius 3 is 2.57 bits per heavy atom. The molecule has 1 rings (SSSR count). The lowest BCUT2D eigenvalue weighted by molar-refractivity contribution is -0.670. The number of hydrogen-bond acceptors (Lipinski definition) is 1. The van der Waals surface area contributed by atoms with Crippen molar-refractivity contribution in [2.24, 2.45) is 0 Å². The van der Waals surface area contributed by atoms with Crippen LogP contribution in [-0.2, 0) is 6.54 Å². The number of methoxy groups -OCH3 is 1. The summed E-state index contributed by atoms with van der Waals surface area (Å²) in [5.74, 6) is 1.66. The first-order chi connectivity index (χ1) is 6.86. The lowest BCUT2D eigenvalue weighted by Crippen LogP contribution is -2.82. The summed E-state index contributed by atoms with van der Waals surface area (Å²) in [6.07, 6.45) is 1.07. The zero-order chi connectivity index (χ0) is 10.2. The molecule has 0 aromatic heterocycles. The quantitative estimate of drug-likeness (QED) is 0.562. The van der Waals surface area contributed by atoms with Gasteiger partial charge in [0, 0.05) is 17.9 Å². The Bertz CT molecular complexity index is 248. The van der Waals surface area contributed by atoms with Gasteiger partial charge in [-0.25, -0.2) is 0 Å². The van der Waals surface area contributed by atoms with Crippen LogP contribution in [0.3, 0.4) is 0 Å². The van der Waals surface area contributed by atoms with Gasteiger partial charge in [0.15, 0.2) is 0 Å². The monoisotopic (exact) mass is 214 g/mol. The largest absolute Gasteiger partial charge is 0.497 e. The van der Waals surface area contributed by atoms with Crippen LogP contribution < -0.4 is 10.1 Å². The van der Waals surface area contributed by atoms with Crippen molar-refractivity contribution >= 4 is 11.6 Å². The molecule has 1 aromatic carbocycles. The fraction of sp³-hybridized carbons (Fsp3) is 0.455. The molecule has 0 amide bonds. The molecule has 3 heteroatoms. The Kier molecular flexibility index (Phi) is 5.42. The first-order valence-electron chi connectivity index (χ1n) is 4.87. The van der Waals surface area contributed by atoms with E-state index in [1.165, 1.54) is 5.56 Å². The highest BCUT2D eigenvalue weighted by molar-refractivity contribution is 6.17. The second kappa shape index (κ2) is 6.68. The molecule has 0 saturated heterocycles. The van der Waals surface area contributed by atoms with Crippen LogP contribution in [0.1, 0.15) is 12.0 Å². The predicted molar refractivity (Wildman–Crippen MR) is 58.8 cm³/mol. The number of halogens is 1. The van der Waals surface area contributed by atoms with Crippen LogP contribution in [0.15, 0.2) is 24.3 Å². The Morgan fingerprint density at radius 2 is 2.00 bits per heavy atom. The van der Waals surface area contributed by atoms with Crippen LogP contribution in [0.25, 0.3) is 0 Å². The maximum absolute atomic E-state index is 5.59. The van der Waals surface area contributed by atoms with Gasteiger partial charge in [0.1, 0.15) is 12.3 Å². The molecule has 14 heavy (non-hydrogen) atoms. The molecule has 0 heterocycles. The third-order valence-corrected chi connectivity index (χ3v) is 2.35. The highest BCUT2D eigenvalue weighted by Crippen LogP contribution is 2.09. The third kappa shape index (κ3) is 3.99. The fourth-order valence-corrected chi connectivity index (χ4v) is 1.41. The summed E-state index contributed by atoms with van der Waals surface area (Å²) in [5, 5.41) is 2.27. The van der Waals surface area contributed by atoms with E-state index in [9.17, 15) is 0 Å². The van der Waals surface area contributed by atoms with E-state index >= 15 is 0 Å². The van der Waals surface area contributed by atoms with E-state index in [-0.39, 0.29) is 0 Å². The van der Waals surface area contributed by atoms with Crippen molar-refractivity contribution in [2.75, 3.05) is 19.5 Å². The average Bonchev–Trinajstić information content (AvgIpc) is 2.25. The smallest absolute Gasteiger partial charge is 0.118 e. The van der Waals surface area contributed by atoms with Crippen molar-refractivity contribution in [3.8, 4) is 5.75 Å². The minimum absolute atomic E-state index is 0.749. The van der Waals surface area contributed by atoms with Crippen molar-refractivity contribution in [1.82, 2.24) is 0 Å². The summed E-state index contributed by atoms with van der Waals surface area (Å²) < 4.78 is 5.08. The van der Waals surface area contributed by atoms with E-state index in [4.69, 9.17) is 16.3 Å². The highest BCUT2D eigenvalue weighted by atomic mass is 35.5. The Labute approximate surface area is 90.2 Å². The van der Waals surface area contributed by atoms with Crippen LogP contribution >= 0.6 is 11.6 Å². The molecule has 2 nitrogen and oxygen atoms in total. The van der Waals surface area contributed by atoms with Gasteiger partial charge in [-0.15, -0.1) is 11.6 Å². The van der Waals surface area contributed by atoms with Crippen LogP contribution in [-0.4, -0.2) is 19.5 Å². The van der Waals surface area contributed by atoms with Gasteiger partial charge in [0.05, 0.1) is 13.7 Å². The molecule has 0 saturated carbocycles. The summed E-state index contributed by atoms with van der Waals surface area (Å²) in [7, 11) is 1.68. The van der Waals surface area contributed by atoms with Gasteiger partial charge >= 0.3 is 0 Å². The zero-order valence-electron chi connectivity index (χ0n) is 8.50. The number of ether oxygens (including phenoxy) is 1. The van der Waals surface area contributed by atoms with E-state index in [1.807, 2.05) is 12.1 Å². The van der Waals surface area contributed by atoms with Gasteiger partial charge in [0.2, 0.25) is 0 Å². The van der Waals surface area contributed by atoms with Crippen molar-refractivity contribution in [1.29, 1.82) is 0 Å². The summed E-state index contributed by atoms with van der Waals surface area (Å²) in [6.45, 7) is 2.11. The predicted octanol–water partition coefficient (Wildman–Crippen LogP) is 1.39. The molecule has 0 aliphatic carbocycles. The number of hydrogen-bond donors (Lipinski definition) is 1. The molecular formula is C11H17ClNO+. The molecule has 0 unspecified atom stereocenters. The number of alkyl halides is 1. The van der Waals surface area contributed by atoms with Crippen molar-refractivity contribution in [2.45, 2.75) is 13.0 Å². The van der Waals surface area contributed by atoms with Crippen molar-refractivity contribution < 1.29 is 10.1 Å². The average molecular weight is 215 g/mol. The summed E-state index contributed by atoms with van der Waals surface area (Å²) >= 11 is 5.59. The molecule has 0 atom stereocenters. The molecule has 2 N–H and O–H groups in total. The van der Waals surface area contributed by atoms with E-state index in [1.54, 1.807) is 7.11 Å². The molecule has 0 spiro atoms. The van der Waals surface area contributed by atoms with Gasteiger partial charge < -0.3 is 10.1 Å². The van der Waals surface area contributed by atoms with E-state index < -0.39 is 0 Å². The Balaban J connectivity index is 2.29. The van der Waals surface area contributed by atoms with Crippen LogP contribution in [0.2, 0.25) is 0 Å². The maximum Gasteiger partial charge on any atom is 0.118 e. The minimum atomic E-state index is 0.749. The lowest BCUT2D eigenvalue weighted by Gasteiger charge is -2.02. The van der Waals surface area contributed by atoms with Gasteiger partial charge in [-0.2, -0.15) is 0 Å². The Hall–Kier alpha value is -0.730. The van der Waals surface area contributed by atoms with Crippen molar-refractivity contribution in [3.63, 3.8) is 0 Å². The lowest BCUT2D eigenvalue weighted by atomic mass is 10.2. The van der Waals surface area contributed by atoms with Gasteiger partial charge in [-0.1, -0.05) is 0 Å². The minimum Gasteiger partial charge on any atom is -0.497 e. The summed E-state index contributed by atoms with van der Waals surface area (Å²) in [6, 6.07) is 8.17. The molecule has 78 valence electrons. The molecule has 0 fully saturated rings. The molecule has 1 aromatic rings. The molecule has 0 bridgehead atoms. The summed E-state index contributed by atoms with van der Waals surface area (Å²) in [4.78, 5) is 0. The standard InChI is InChI=1S/C11H16ClNO/c1-14-11-5-3-10(4-6-11)9-13-8-2-7-12/h3-6,13H,2,7-9H2,1H3/p+1. The number of rotatable bonds is 6.